The van der Waals surface area contributed by atoms with Crippen molar-refractivity contribution in [3.8, 4) is 44.5 Å². The second kappa shape index (κ2) is 16.0. The van der Waals surface area contributed by atoms with Gasteiger partial charge in [0.2, 0.25) is 0 Å². The van der Waals surface area contributed by atoms with E-state index in [0.29, 0.717) is 44.5 Å². The fourth-order valence-corrected chi connectivity index (χ4v) is 5.81. The van der Waals surface area contributed by atoms with Crippen LogP contribution in [0.4, 0.5) is 0 Å². The van der Waals surface area contributed by atoms with Crippen molar-refractivity contribution >= 4 is 35.8 Å². The molecule has 12 heteroatoms. The number of hydrogen-bond donors (Lipinski definition) is 6. The van der Waals surface area contributed by atoms with E-state index in [2.05, 4.69) is 0 Å². The van der Waals surface area contributed by atoms with Crippen molar-refractivity contribution in [3.05, 3.63) is 167 Å². The Labute approximate surface area is 306 Å². The number of benzene rings is 6. The summed E-state index contributed by atoms with van der Waals surface area (Å²) in [6.45, 7) is 0. The highest BCUT2D eigenvalue weighted by Gasteiger charge is 2.21. The Hall–Kier alpha value is -7.86. The summed E-state index contributed by atoms with van der Waals surface area (Å²) in [5.74, 6) is -6.83. The van der Waals surface area contributed by atoms with Crippen LogP contribution in [0.2, 0.25) is 0 Å². The Morgan fingerprint density at radius 2 is 0.481 bits per heavy atom. The molecular formula is C42H28O12. The van der Waals surface area contributed by atoms with Crippen LogP contribution in [0.5, 0.6) is 0 Å². The van der Waals surface area contributed by atoms with Crippen LogP contribution in [-0.2, 0) is 0 Å². The van der Waals surface area contributed by atoms with Gasteiger partial charge in [0, 0.05) is 0 Å². The van der Waals surface area contributed by atoms with Crippen LogP contribution in [0.25, 0.3) is 44.5 Å². The lowest BCUT2D eigenvalue weighted by atomic mass is 9.90. The molecule has 0 saturated heterocycles. The molecule has 6 aromatic carbocycles. The molecule has 0 heterocycles. The van der Waals surface area contributed by atoms with Gasteiger partial charge in [-0.05, 0) is 93.0 Å². The molecule has 0 aromatic heterocycles. The second-order valence-electron chi connectivity index (χ2n) is 11.6. The molecule has 0 aliphatic rings. The van der Waals surface area contributed by atoms with Crippen LogP contribution in [0.15, 0.2) is 133 Å². The molecule has 0 amide bonds. The smallest absolute Gasteiger partial charge is 0.336 e. The molecular weight excluding hydrogens is 696 g/mol. The fourth-order valence-electron chi connectivity index (χ4n) is 5.81. The summed E-state index contributed by atoms with van der Waals surface area (Å²) in [5, 5.41) is 56.3. The van der Waals surface area contributed by atoms with Gasteiger partial charge in [0.1, 0.15) is 0 Å². The number of carboxylic acids is 6. The monoisotopic (exact) mass is 724 g/mol. The molecule has 0 aliphatic carbocycles. The molecule has 6 N–H and O–H groups in total. The van der Waals surface area contributed by atoms with Gasteiger partial charge < -0.3 is 30.6 Å². The molecule has 0 spiro atoms. The lowest BCUT2D eigenvalue weighted by Gasteiger charge is -2.13. The molecule has 0 fully saturated rings. The number of hydrogen-bond acceptors (Lipinski definition) is 6. The maximum absolute atomic E-state index is 12.0. The van der Waals surface area contributed by atoms with Gasteiger partial charge in [0.05, 0.1) is 33.4 Å². The SMILES string of the molecule is O=C(O)c1cccc(-c2cccc(-c3cccc(C(=O)O)c3)c2C(=O)O)c1.O=C(O)c1cccc(-c2cccc(-c3cccc(C(=O)O)c3)c2C(=O)O)c1. The van der Waals surface area contributed by atoms with Crippen LogP contribution in [0, 0.1) is 0 Å². The minimum absolute atomic E-state index is 0.0254. The molecule has 54 heavy (non-hydrogen) atoms. The summed E-state index contributed by atoms with van der Waals surface area (Å²) in [4.78, 5) is 68.9. The third-order valence-electron chi connectivity index (χ3n) is 8.24. The van der Waals surface area contributed by atoms with E-state index < -0.39 is 35.8 Å². The van der Waals surface area contributed by atoms with Gasteiger partial charge in [-0.25, -0.2) is 28.8 Å². The third-order valence-corrected chi connectivity index (χ3v) is 8.24. The number of carbonyl (C=O) groups is 6. The zero-order valence-corrected chi connectivity index (χ0v) is 27.8. The Bertz CT molecular complexity index is 2160. The summed E-state index contributed by atoms with van der Waals surface area (Å²) < 4.78 is 0. The number of aromatic carboxylic acids is 6. The third kappa shape index (κ3) is 8.19. The Balaban J connectivity index is 0.000000208. The summed E-state index contributed by atoms with van der Waals surface area (Å²) in [6.07, 6.45) is 0. The van der Waals surface area contributed by atoms with Crippen molar-refractivity contribution in [2.24, 2.45) is 0 Å². The normalized spacial score (nSPS) is 10.4. The lowest BCUT2D eigenvalue weighted by Crippen LogP contribution is -2.04. The second-order valence-corrected chi connectivity index (χ2v) is 11.6. The molecule has 6 aromatic rings. The Morgan fingerprint density at radius 3 is 0.667 bits per heavy atom. The molecule has 0 aliphatic heterocycles. The van der Waals surface area contributed by atoms with Gasteiger partial charge >= 0.3 is 35.8 Å². The first-order valence-corrected chi connectivity index (χ1v) is 15.8. The van der Waals surface area contributed by atoms with Crippen molar-refractivity contribution in [3.63, 3.8) is 0 Å². The zero-order valence-electron chi connectivity index (χ0n) is 27.8. The van der Waals surface area contributed by atoms with Crippen LogP contribution in [0.3, 0.4) is 0 Å². The van der Waals surface area contributed by atoms with Crippen molar-refractivity contribution in [2.75, 3.05) is 0 Å². The molecule has 6 rings (SSSR count). The van der Waals surface area contributed by atoms with Crippen LogP contribution in [-0.4, -0.2) is 66.5 Å². The maximum Gasteiger partial charge on any atom is 0.336 e. The summed E-state index contributed by atoms with van der Waals surface area (Å²) in [7, 11) is 0. The minimum Gasteiger partial charge on any atom is -0.478 e. The van der Waals surface area contributed by atoms with Crippen molar-refractivity contribution in [1.29, 1.82) is 0 Å². The average molecular weight is 725 g/mol. The van der Waals surface area contributed by atoms with Crippen LogP contribution < -0.4 is 0 Å². The highest BCUT2D eigenvalue weighted by molar-refractivity contribution is 6.05. The van der Waals surface area contributed by atoms with E-state index in [1.54, 1.807) is 84.9 Å². The predicted molar refractivity (Wildman–Crippen MR) is 196 cm³/mol. The maximum atomic E-state index is 12.0. The first-order chi connectivity index (χ1) is 25.8. The van der Waals surface area contributed by atoms with Crippen molar-refractivity contribution < 1.29 is 59.4 Å². The fraction of sp³-hybridized carbons (Fsp3) is 0. The molecule has 12 nitrogen and oxygen atoms in total. The standard InChI is InChI=1S/2C21H14O6/c2*22-19(23)14-6-1-4-12(10-14)16-8-3-9-17(18(16)21(26)27)13-5-2-7-15(11-13)20(24)25/h2*1-11H,(H,22,23)(H,24,25)(H,26,27). The quantitative estimate of drug-likeness (QED) is 0.0786. The van der Waals surface area contributed by atoms with Gasteiger partial charge in [-0.3, -0.25) is 0 Å². The number of rotatable bonds is 10. The van der Waals surface area contributed by atoms with E-state index in [1.165, 1.54) is 48.5 Å². The molecule has 268 valence electrons. The van der Waals surface area contributed by atoms with Gasteiger partial charge in [-0.1, -0.05) is 84.9 Å². The van der Waals surface area contributed by atoms with Crippen molar-refractivity contribution in [2.45, 2.75) is 0 Å². The topological polar surface area (TPSA) is 224 Å². The Morgan fingerprint density at radius 1 is 0.278 bits per heavy atom. The summed E-state index contributed by atoms with van der Waals surface area (Å²) in [5.41, 5.74) is 3.32. The highest BCUT2D eigenvalue weighted by atomic mass is 16.4. The first kappa shape index (κ1) is 37.4. The average Bonchev–Trinajstić information content (AvgIpc) is 3.17. The van der Waals surface area contributed by atoms with Gasteiger partial charge in [-0.15, -0.1) is 0 Å². The van der Waals surface area contributed by atoms with E-state index in [-0.39, 0.29) is 33.4 Å². The minimum atomic E-state index is -1.19. The van der Waals surface area contributed by atoms with Crippen LogP contribution in [0.1, 0.15) is 62.1 Å². The molecule has 0 radical (unpaired) electrons. The molecule has 0 saturated carbocycles. The van der Waals surface area contributed by atoms with Crippen LogP contribution >= 0.6 is 0 Å². The van der Waals surface area contributed by atoms with Gasteiger partial charge in [0.25, 0.3) is 0 Å². The summed E-state index contributed by atoms with van der Waals surface area (Å²) >= 11 is 0. The van der Waals surface area contributed by atoms with E-state index in [1.807, 2.05) is 0 Å². The summed E-state index contributed by atoms with van der Waals surface area (Å²) in [6, 6.07) is 33.7. The van der Waals surface area contributed by atoms with Gasteiger partial charge in [-0.2, -0.15) is 0 Å². The first-order valence-electron chi connectivity index (χ1n) is 15.8. The highest BCUT2D eigenvalue weighted by Crippen LogP contribution is 2.35. The molecule has 0 unspecified atom stereocenters. The van der Waals surface area contributed by atoms with E-state index in [4.69, 9.17) is 0 Å². The van der Waals surface area contributed by atoms with E-state index in [9.17, 15) is 59.4 Å². The van der Waals surface area contributed by atoms with Gasteiger partial charge in [0.15, 0.2) is 0 Å². The molecule has 0 bridgehead atoms. The molecule has 0 atom stereocenters. The Kier molecular flexibility index (Phi) is 11.1. The largest absolute Gasteiger partial charge is 0.478 e. The number of carboxylic acid groups (broad SMARTS) is 6. The predicted octanol–water partition coefficient (Wildman–Crippen LogP) is 8.23. The zero-order chi connectivity index (χ0) is 39.1. The van der Waals surface area contributed by atoms with E-state index >= 15 is 0 Å². The van der Waals surface area contributed by atoms with E-state index in [0.717, 1.165) is 0 Å². The lowest BCUT2D eigenvalue weighted by molar-refractivity contribution is 0.0685. The van der Waals surface area contributed by atoms with Crippen molar-refractivity contribution in [1.82, 2.24) is 0 Å².